The second-order valence-corrected chi connectivity index (χ2v) is 5.89. The summed E-state index contributed by atoms with van der Waals surface area (Å²) in [6.07, 6.45) is 3.91. The molecule has 0 heterocycles. The van der Waals surface area contributed by atoms with Gasteiger partial charge in [0.2, 0.25) is 0 Å². The number of likely N-dealkylation sites (N-methyl/N-ethyl adjacent to an activating group) is 1. The molecule has 0 bridgehead atoms. The molecule has 16 heavy (non-hydrogen) atoms. The summed E-state index contributed by atoms with van der Waals surface area (Å²) in [5.41, 5.74) is 0. The van der Waals surface area contributed by atoms with Gasteiger partial charge in [0.05, 0.1) is 0 Å². The number of rotatable bonds is 9. The van der Waals surface area contributed by atoms with Gasteiger partial charge in [-0.3, -0.25) is 0 Å². The van der Waals surface area contributed by atoms with E-state index in [1.54, 1.807) is 0 Å². The third-order valence-electron chi connectivity index (χ3n) is 2.88. The van der Waals surface area contributed by atoms with E-state index in [9.17, 15) is 0 Å². The first-order valence-electron chi connectivity index (χ1n) is 6.83. The molecular weight excluding hydrogens is 196 g/mol. The van der Waals surface area contributed by atoms with E-state index in [0.29, 0.717) is 6.04 Å². The quantitative estimate of drug-likeness (QED) is 0.652. The molecule has 0 aromatic carbocycles. The zero-order chi connectivity index (χ0) is 12.6. The van der Waals surface area contributed by atoms with Crippen LogP contribution in [0.3, 0.4) is 0 Å². The molecule has 0 amide bonds. The molecule has 2 heteroatoms. The van der Waals surface area contributed by atoms with Crippen LogP contribution in [-0.2, 0) is 0 Å². The van der Waals surface area contributed by atoms with E-state index in [4.69, 9.17) is 0 Å². The average molecular weight is 228 g/mol. The zero-order valence-corrected chi connectivity index (χ0v) is 12.2. The van der Waals surface area contributed by atoms with Crippen LogP contribution in [0, 0.1) is 11.8 Å². The highest BCUT2D eigenvalue weighted by Gasteiger charge is 2.12. The third-order valence-corrected chi connectivity index (χ3v) is 2.88. The van der Waals surface area contributed by atoms with E-state index in [2.05, 4.69) is 52.0 Å². The van der Waals surface area contributed by atoms with Gasteiger partial charge in [0, 0.05) is 12.6 Å². The minimum atomic E-state index is 0.648. The van der Waals surface area contributed by atoms with Crippen molar-refractivity contribution >= 4 is 0 Å². The topological polar surface area (TPSA) is 15.3 Å². The van der Waals surface area contributed by atoms with Crippen molar-refractivity contribution in [1.29, 1.82) is 0 Å². The smallest absolute Gasteiger partial charge is 0.0197 e. The highest BCUT2D eigenvalue weighted by Crippen LogP contribution is 2.08. The van der Waals surface area contributed by atoms with Gasteiger partial charge >= 0.3 is 0 Å². The maximum Gasteiger partial charge on any atom is 0.0197 e. The monoisotopic (exact) mass is 228 g/mol. The molecule has 0 rings (SSSR count). The van der Waals surface area contributed by atoms with Crippen molar-refractivity contribution < 1.29 is 0 Å². The lowest BCUT2D eigenvalue weighted by molar-refractivity contribution is 0.294. The van der Waals surface area contributed by atoms with Gasteiger partial charge in [-0.05, 0) is 45.3 Å². The van der Waals surface area contributed by atoms with Crippen molar-refractivity contribution in [1.82, 2.24) is 10.2 Å². The lowest BCUT2D eigenvalue weighted by Gasteiger charge is -2.25. The standard InChI is InChI=1S/C14H32N2/c1-7-8-13(4)10-15-14(9-12(2)3)11-16(5)6/h12-15H,7-11H2,1-6H3. The summed E-state index contributed by atoms with van der Waals surface area (Å²) in [6, 6.07) is 0.648. The minimum Gasteiger partial charge on any atom is -0.312 e. The van der Waals surface area contributed by atoms with E-state index in [1.165, 1.54) is 25.8 Å². The first-order chi connectivity index (χ1) is 7.45. The molecule has 0 aliphatic heterocycles. The summed E-state index contributed by atoms with van der Waals surface area (Å²) in [5.74, 6) is 1.58. The first-order valence-corrected chi connectivity index (χ1v) is 6.83. The van der Waals surface area contributed by atoms with E-state index in [1.807, 2.05) is 0 Å². The Morgan fingerprint density at radius 3 is 2.19 bits per heavy atom. The normalized spacial score (nSPS) is 15.8. The first kappa shape index (κ1) is 15.9. The molecule has 0 aliphatic rings. The molecule has 1 N–H and O–H groups in total. The summed E-state index contributed by atoms with van der Waals surface area (Å²) in [6.45, 7) is 11.5. The van der Waals surface area contributed by atoms with Gasteiger partial charge in [-0.15, -0.1) is 0 Å². The van der Waals surface area contributed by atoms with Gasteiger partial charge in [-0.25, -0.2) is 0 Å². The van der Waals surface area contributed by atoms with Crippen molar-refractivity contribution in [3.63, 3.8) is 0 Å². The molecule has 0 saturated carbocycles. The van der Waals surface area contributed by atoms with Crippen LogP contribution in [0.2, 0.25) is 0 Å². The largest absolute Gasteiger partial charge is 0.312 e. The van der Waals surface area contributed by atoms with Crippen molar-refractivity contribution in [2.75, 3.05) is 27.2 Å². The Hall–Kier alpha value is -0.0800. The Morgan fingerprint density at radius 1 is 1.12 bits per heavy atom. The predicted molar refractivity (Wildman–Crippen MR) is 73.9 cm³/mol. The molecule has 2 nitrogen and oxygen atoms in total. The Labute approximate surface area is 103 Å². The second-order valence-electron chi connectivity index (χ2n) is 5.89. The number of nitrogens with zero attached hydrogens (tertiary/aromatic N) is 1. The van der Waals surface area contributed by atoms with Crippen LogP contribution in [0.4, 0.5) is 0 Å². The van der Waals surface area contributed by atoms with Gasteiger partial charge in [0.25, 0.3) is 0 Å². The molecule has 0 aliphatic carbocycles. The molecule has 0 spiro atoms. The fraction of sp³-hybridized carbons (Fsp3) is 1.00. The Balaban J connectivity index is 3.90. The maximum absolute atomic E-state index is 3.73. The zero-order valence-electron chi connectivity index (χ0n) is 12.2. The highest BCUT2D eigenvalue weighted by atomic mass is 15.1. The summed E-state index contributed by atoms with van der Waals surface area (Å²) < 4.78 is 0. The molecule has 0 saturated heterocycles. The van der Waals surface area contributed by atoms with Gasteiger partial charge in [-0.2, -0.15) is 0 Å². The Morgan fingerprint density at radius 2 is 1.75 bits per heavy atom. The number of hydrogen-bond acceptors (Lipinski definition) is 2. The minimum absolute atomic E-state index is 0.648. The van der Waals surface area contributed by atoms with E-state index < -0.39 is 0 Å². The number of hydrogen-bond donors (Lipinski definition) is 1. The molecule has 98 valence electrons. The lowest BCUT2D eigenvalue weighted by Crippen LogP contribution is -2.41. The van der Waals surface area contributed by atoms with Crippen molar-refractivity contribution in [3.05, 3.63) is 0 Å². The highest BCUT2D eigenvalue weighted by molar-refractivity contribution is 4.72. The third kappa shape index (κ3) is 9.17. The molecular formula is C14H32N2. The van der Waals surface area contributed by atoms with E-state index in [-0.39, 0.29) is 0 Å². The molecule has 2 atom stereocenters. The van der Waals surface area contributed by atoms with Crippen LogP contribution in [-0.4, -0.2) is 38.1 Å². The fourth-order valence-corrected chi connectivity index (χ4v) is 2.19. The van der Waals surface area contributed by atoms with Crippen LogP contribution in [0.15, 0.2) is 0 Å². The van der Waals surface area contributed by atoms with E-state index >= 15 is 0 Å². The van der Waals surface area contributed by atoms with Crippen molar-refractivity contribution in [3.8, 4) is 0 Å². The molecule has 0 radical (unpaired) electrons. The maximum atomic E-state index is 3.73. The van der Waals surface area contributed by atoms with Crippen molar-refractivity contribution in [2.24, 2.45) is 11.8 Å². The summed E-state index contributed by atoms with van der Waals surface area (Å²) in [4.78, 5) is 2.28. The van der Waals surface area contributed by atoms with Crippen LogP contribution >= 0.6 is 0 Å². The predicted octanol–water partition coefficient (Wildman–Crippen LogP) is 2.99. The molecule has 0 aromatic heterocycles. The van der Waals surface area contributed by atoms with Gasteiger partial charge < -0.3 is 10.2 Å². The SMILES string of the molecule is CCCC(C)CNC(CC(C)C)CN(C)C. The Kier molecular flexibility index (Phi) is 8.96. The fourth-order valence-electron chi connectivity index (χ4n) is 2.19. The van der Waals surface area contributed by atoms with Crippen LogP contribution in [0.5, 0.6) is 0 Å². The summed E-state index contributed by atoms with van der Waals surface area (Å²) in [5, 5.41) is 3.73. The lowest BCUT2D eigenvalue weighted by atomic mass is 10.0. The van der Waals surface area contributed by atoms with Gasteiger partial charge in [0.15, 0.2) is 0 Å². The number of nitrogens with one attached hydrogen (secondary N) is 1. The van der Waals surface area contributed by atoms with Crippen molar-refractivity contribution in [2.45, 2.75) is 53.0 Å². The second kappa shape index (κ2) is 9.00. The molecule has 2 unspecified atom stereocenters. The summed E-state index contributed by atoms with van der Waals surface area (Å²) in [7, 11) is 4.31. The van der Waals surface area contributed by atoms with Gasteiger partial charge in [0.1, 0.15) is 0 Å². The molecule has 0 aromatic rings. The van der Waals surface area contributed by atoms with E-state index in [0.717, 1.165) is 18.4 Å². The summed E-state index contributed by atoms with van der Waals surface area (Å²) >= 11 is 0. The van der Waals surface area contributed by atoms with Gasteiger partial charge in [-0.1, -0.05) is 34.1 Å². The van der Waals surface area contributed by atoms with Crippen LogP contribution < -0.4 is 5.32 Å². The van der Waals surface area contributed by atoms with Crippen LogP contribution in [0.25, 0.3) is 0 Å². The molecule has 0 fully saturated rings. The Bertz CT molecular complexity index is 145. The van der Waals surface area contributed by atoms with Crippen LogP contribution in [0.1, 0.15) is 47.0 Å². The average Bonchev–Trinajstić information content (AvgIpc) is 2.13.